The second kappa shape index (κ2) is 5.17. The molecule has 0 saturated carbocycles. The van der Waals surface area contributed by atoms with Crippen molar-refractivity contribution in [1.29, 1.82) is 0 Å². The third-order valence-corrected chi connectivity index (χ3v) is 3.82. The fourth-order valence-electron chi connectivity index (χ4n) is 2.46. The first-order valence-electron chi connectivity index (χ1n) is 6.59. The van der Waals surface area contributed by atoms with Gasteiger partial charge in [-0.2, -0.15) is 0 Å². The predicted molar refractivity (Wildman–Crippen MR) is 75.4 cm³/mol. The van der Waals surface area contributed by atoms with Crippen molar-refractivity contribution in [1.82, 2.24) is 9.97 Å². The van der Waals surface area contributed by atoms with Gasteiger partial charge in [0.25, 0.3) is 0 Å². The summed E-state index contributed by atoms with van der Waals surface area (Å²) in [5.74, 6) is 0.884. The molecule has 1 aromatic heterocycles. The molecule has 0 bridgehead atoms. The molecule has 0 unspecified atom stereocenters. The molecular weight excluding hydrogens is 260 g/mol. The second-order valence-electron chi connectivity index (χ2n) is 4.87. The van der Waals surface area contributed by atoms with E-state index < -0.39 is 0 Å². The van der Waals surface area contributed by atoms with Gasteiger partial charge in [0.1, 0.15) is 10.9 Å². The summed E-state index contributed by atoms with van der Waals surface area (Å²) in [6.45, 7) is 0. The van der Waals surface area contributed by atoms with Crippen molar-refractivity contribution in [3.8, 4) is 17.1 Å². The third-order valence-electron chi connectivity index (χ3n) is 3.51. The van der Waals surface area contributed by atoms with Gasteiger partial charge in [-0.25, -0.2) is 9.97 Å². The molecule has 19 heavy (non-hydrogen) atoms. The van der Waals surface area contributed by atoms with Gasteiger partial charge in [0.05, 0.1) is 0 Å². The van der Waals surface area contributed by atoms with Crippen molar-refractivity contribution in [2.75, 3.05) is 0 Å². The Balaban J connectivity index is 2.06. The van der Waals surface area contributed by atoms with Gasteiger partial charge >= 0.3 is 0 Å². The number of aromatic nitrogens is 2. The van der Waals surface area contributed by atoms with Crippen LogP contribution in [-0.2, 0) is 12.8 Å². The molecule has 0 spiro atoms. The van der Waals surface area contributed by atoms with Crippen LogP contribution in [0.2, 0.25) is 5.15 Å². The quantitative estimate of drug-likeness (QED) is 0.636. The first-order chi connectivity index (χ1) is 9.24. The van der Waals surface area contributed by atoms with Crippen molar-refractivity contribution >= 4 is 11.6 Å². The number of phenols is 1. The SMILES string of the molecule is Oc1ccc(-c2nc(Cl)c3c(n2)CCCCC3)cc1. The molecule has 2 aromatic rings. The van der Waals surface area contributed by atoms with Gasteiger partial charge in [-0.15, -0.1) is 0 Å². The monoisotopic (exact) mass is 274 g/mol. The maximum atomic E-state index is 9.32. The molecule has 3 rings (SSSR count). The van der Waals surface area contributed by atoms with Gasteiger partial charge < -0.3 is 5.11 Å². The van der Waals surface area contributed by atoms with E-state index in [2.05, 4.69) is 9.97 Å². The van der Waals surface area contributed by atoms with E-state index in [0.29, 0.717) is 11.0 Å². The van der Waals surface area contributed by atoms with Crippen molar-refractivity contribution < 1.29 is 5.11 Å². The molecular formula is C15H15ClN2O. The molecule has 1 N–H and O–H groups in total. The molecule has 0 radical (unpaired) electrons. The average molecular weight is 275 g/mol. The smallest absolute Gasteiger partial charge is 0.161 e. The fourth-order valence-corrected chi connectivity index (χ4v) is 2.75. The lowest BCUT2D eigenvalue weighted by Crippen LogP contribution is -2.02. The number of phenolic OH excluding ortho intramolecular Hbond substituents is 1. The number of aryl methyl sites for hydroxylation is 1. The molecule has 1 aliphatic rings. The van der Waals surface area contributed by atoms with Gasteiger partial charge in [0.15, 0.2) is 5.82 Å². The molecule has 0 fully saturated rings. The highest BCUT2D eigenvalue weighted by Crippen LogP contribution is 2.28. The molecule has 98 valence electrons. The van der Waals surface area contributed by atoms with Crippen LogP contribution in [0.5, 0.6) is 5.75 Å². The predicted octanol–water partition coefficient (Wildman–Crippen LogP) is 3.77. The summed E-state index contributed by atoms with van der Waals surface area (Å²) in [4.78, 5) is 9.06. The standard InChI is InChI=1S/C15H15ClN2O/c16-14-12-4-2-1-3-5-13(12)17-15(18-14)10-6-8-11(19)9-7-10/h6-9,19H,1-5H2. The molecule has 0 saturated heterocycles. The zero-order valence-electron chi connectivity index (χ0n) is 10.6. The molecule has 1 aromatic carbocycles. The molecule has 1 heterocycles. The summed E-state index contributed by atoms with van der Waals surface area (Å²) in [5.41, 5.74) is 3.08. The minimum absolute atomic E-state index is 0.240. The Bertz CT molecular complexity index is 596. The number of halogens is 1. The van der Waals surface area contributed by atoms with E-state index in [1.54, 1.807) is 12.1 Å². The van der Waals surface area contributed by atoms with E-state index in [9.17, 15) is 5.11 Å². The number of hydrogen-bond acceptors (Lipinski definition) is 3. The normalized spacial score (nSPS) is 14.8. The van der Waals surface area contributed by atoms with Crippen LogP contribution < -0.4 is 0 Å². The van der Waals surface area contributed by atoms with E-state index in [1.807, 2.05) is 12.1 Å². The van der Waals surface area contributed by atoms with Crippen molar-refractivity contribution in [3.63, 3.8) is 0 Å². The summed E-state index contributed by atoms with van der Waals surface area (Å²) >= 11 is 6.30. The number of hydrogen-bond donors (Lipinski definition) is 1. The van der Waals surface area contributed by atoms with Gasteiger partial charge in [0, 0.05) is 16.8 Å². The molecule has 0 atom stereocenters. The van der Waals surface area contributed by atoms with Crippen LogP contribution in [0.4, 0.5) is 0 Å². The van der Waals surface area contributed by atoms with Crippen molar-refractivity contribution in [2.24, 2.45) is 0 Å². The second-order valence-corrected chi connectivity index (χ2v) is 5.23. The largest absolute Gasteiger partial charge is 0.508 e. The van der Waals surface area contributed by atoms with E-state index in [-0.39, 0.29) is 5.75 Å². The highest BCUT2D eigenvalue weighted by atomic mass is 35.5. The number of fused-ring (bicyclic) bond motifs is 1. The Hall–Kier alpha value is -1.61. The van der Waals surface area contributed by atoms with Crippen LogP contribution in [0.15, 0.2) is 24.3 Å². The summed E-state index contributed by atoms with van der Waals surface area (Å²) in [7, 11) is 0. The topological polar surface area (TPSA) is 46.0 Å². The fraction of sp³-hybridized carbons (Fsp3) is 0.333. The third kappa shape index (κ3) is 2.56. The summed E-state index contributed by atoms with van der Waals surface area (Å²) in [5, 5.41) is 9.90. The van der Waals surface area contributed by atoms with Gasteiger partial charge in [-0.05, 0) is 49.9 Å². The van der Waals surface area contributed by atoms with Gasteiger partial charge in [0.2, 0.25) is 0 Å². The number of nitrogens with zero attached hydrogens (tertiary/aromatic N) is 2. The van der Waals surface area contributed by atoms with Crippen LogP contribution in [0.1, 0.15) is 30.5 Å². The molecule has 4 heteroatoms. The Morgan fingerprint density at radius 2 is 1.68 bits per heavy atom. The maximum Gasteiger partial charge on any atom is 0.161 e. The summed E-state index contributed by atoms with van der Waals surface area (Å²) < 4.78 is 0. The molecule has 0 aliphatic heterocycles. The maximum absolute atomic E-state index is 9.32. The first kappa shape index (κ1) is 12.4. The minimum Gasteiger partial charge on any atom is -0.508 e. The summed E-state index contributed by atoms with van der Waals surface area (Å²) in [6.07, 6.45) is 5.50. The van der Waals surface area contributed by atoms with Gasteiger partial charge in [-0.3, -0.25) is 0 Å². The van der Waals surface area contributed by atoms with E-state index >= 15 is 0 Å². The van der Waals surface area contributed by atoms with E-state index in [1.165, 1.54) is 6.42 Å². The number of benzene rings is 1. The highest BCUT2D eigenvalue weighted by molar-refractivity contribution is 6.30. The minimum atomic E-state index is 0.240. The van der Waals surface area contributed by atoms with Crippen LogP contribution in [0.25, 0.3) is 11.4 Å². The lowest BCUT2D eigenvalue weighted by atomic mass is 10.1. The van der Waals surface area contributed by atoms with Crippen LogP contribution >= 0.6 is 11.6 Å². The molecule has 1 aliphatic carbocycles. The number of aromatic hydroxyl groups is 1. The van der Waals surface area contributed by atoms with Gasteiger partial charge in [-0.1, -0.05) is 18.0 Å². The Labute approximate surface area is 117 Å². The van der Waals surface area contributed by atoms with Crippen LogP contribution in [0, 0.1) is 0 Å². The van der Waals surface area contributed by atoms with E-state index in [4.69, 9.17) is 11.6 Å². The zero-order chi connectivity index (χ0) is 13.2. The summed E-state index contributed by atoms with van der Waals surface area (Å²) in [6, 6.07) is 6.89. The van der Waals surface area contributed by atoms with Crippen LogP contribution in [-0.4, -0.2) is 15.1 Å². The number of rotatable bonds is 1. The molecule has 0 amide bonds. The lowest BCUT2D eigenvalue weighted by molar-refractivity contribution is 0.475. The zero-order valence-corrected chi connectivity index (χ0v) is 11.3. The Morgan fingerprint density at radius 3 is 2.47 bits per heavy atom. The average Bonchev–Trinajstić information content (AvgIpc) is 2.65. The lowest BCUT2D eigenvalue weighted by Gasteiger charge is -2.09. The first-order valence-corrected chi connectivity index (χ1v) is 6.96. The van der Waals surface area contributed by atoms with Crippen molar-refractivity contribution in [2.45, 2.75) is 32.1 Å². The Kier molecular flexibility index (Phi) is 3.38. The van der Waals surface area contributed by atoms with Crippen molar-refractivity contribution in [3.05, 3.63) is 40.7 Å². The van der Waals surface area contributed by atoms with E-state index in [0.717, 1.165) is 42.5 Å². The highest BCUT2D eigenvalue weighted by Gasteiger charge is 2.16. The Morgan fingerprint density at radius 1 is 0.947 bits per heavy atom. The molecule has 3 nitrogen and oxygen atoms in total. The van der Waals surface area contributed by atoms with Crippen LogP contribution in [0.3, 0.4) is 0 Å².